The molecule has 1 unspecified atom stereocenters. The maximum absolute atomic E-state index is 6.13. The smallest absolute Gasteiger partial charge is 0.0784 e. The zero-order valence-corrected chi connectivity index (χ0v) is 10.4. The highest BCUT2D eigenvalue weighted by atomic mass is 79.9. The van der Waals surface area contributed by atoms with E-state index in [0.717, 1.165) is 22.6 Å². The van der Waals surface area contributed by atoms with Gasteiger partial charge in [0.25, 0.3) is 0 Å². The Morgan fingerprint density at radius 1 is 1.40 bits per heavy atom. The van der Waals surface area contributed by atoms with E-state index in [1.165, 1.54) is 11.1 Å². The van der Waals surface area contributed by atoms with E-state index in [9.17, 15) is 0 Å². The number of nitrogens with one attached hydrogen (secondary N) is 1. The van der Waals surface area contributed by atoms with Gasteiger partial charge in [0.15, 0.2) is 0 Å². The third-order valence-corrected chi connectivity index (χ3v) is 4.39. The summed E-state index contributed by atoms with van der Waals surface area (Å²) in [4.78, 5) is 0. The highest BCUT2D eigenvalue weighted by Gasteiger charge is 2.34. The SMILES string of the molecule is Clc1cc2c(cc1Br)COC1CNC[C@@H]21. The second-order valence-corrected chi connectivity index (χ2v) is 5.34. The standard InChI is InChI=1S/C11H11BrClNO/c12-9-1-6-5-15-11-4-14-3-8(11)7(6)2-10(9)13/h1-2,8,11,14H,3-5H2/t8-,11?/m0/s1. The molecule has 0 saturated carbocycles. The highest BCUT2D eigenvalue weighted by Crippen LogP contribution is 2.37. The third-order valence-electron chi connectivity index (χ3n) is 3.19. The van der Waals surface area contributed by atoms with Crippen LogP contribution >= 0.6 is 27.5 Å². The molecule has 15 heavy (non-hydrogen) atoms. The molecule has 0 aliphatic carbocycles. The first-order valence-corrected chi connectivity index (χ1v) is 6.23. The summed E-state index contributed by atoms with van der Waals surface area (Å²) in [6.07, 6.45) is 0.328. The molecule has 2 aliphatic rings. The summed E-state index contributed by atoms with van der Waals surface area (Å²) >= 11 is 9.57. The second-order valence-electron chi connectivity index (χ2n) is 4.08. The molecule has 80 valence electrons. The summed E-state index contributed by atoms with van der Waals surface area (Å²) < 4.78 is 6.75. The summed E-state index contributed by atoms with van der Waals surface area (Å²) in [5, 5.41) is 4.15. The Bertz CT molecular complexity index is 410. The van der Waals surface area contributed by atoms with Gasteiger partial charge in [-0.25, -0.2) is 0 Å². The van der Waals surface area contributed by atoms with E-state index in [-0.39, 0.29) is 0 Å². The second kappa shape index (κ2) is 3.74. The van der Waals surface area contributed by atoms with Crippen molar-refractivity contribution in [2.45, 2.75) is 18.6 Å². The van der Waals surface area contributed by atoms with E-state index in [0.29, 0.717) is 18.6 Å². The number of fused-ring (bicyclic) bond motifs is 3. The molecular weight excluding hydrogens is 277 g/mol. The Morgan fingerprint density at radius 3 is 3.13 bits per heavy atom. The fraction of sp³-hybridized carbons (Fsp3) is 0.455. The molecule has 0 bridgehead atoms. The summed E-state index contributed by atoms with van der Waals surface area (Å²) in [6, 6.07) is 4.15. The van der Waals surface area contributed by atoms with E-state index in [1.807, 2.05) is 0 Å². The molecule has 2 aliphatic heterocycles. The van der Waals surface area contributed by atoms with Gasteiger partial charge in [0.2, 0.25) is 0 Å². The lowest BCUT2D eigenvalue weighted by Crippen LogP contribution is -2.26. The van der Waals surface area contributed by atoms with E-state index >= 15 is 0 Å². The molecule has 2 heterocycles. The zero-order chi connectivity index (χ0) is 10.4. The first-order chi connectivity index (χ1) is 7.25. The fourth-order valence-corrected chi connectivity index (χ4v) is 2.97. The number of benzene rings is 1. The van der Waals surface area contributed by atoms with Crippen LogP contribution in [-0.2, 0) is 11.3 Å². The molecule has 0 radical (unpaired) electrons. The Labute approximate surface area is 102 Å². The van der Waals surface area contributed by atoms with Gasteiger partial charge >= 0.3 is 0 Å². The molecular formula is C11H11BrClNO. The van der Waals surface area contributed by atoms with Crippen molar-refractivity contribution in [3.63, 3.8) is 0 Å². The molecule has 1 N–H and O–H groups in total. The van der Waals surface area contributed by atoms with Crippen LogP contribution in [0.2, 0.25) is 5.02 Å². The van der Waals surface area contributed by atoms with Gasteiger partial charge in [-0.05, 0) is 39.2 Å². The quantitative estimate of drug-likeness (QED) is 0.792. The minimum Gasteiger partial charge on any atom is -0.372 e. The van der Waals surface area contributed by atoms with Crippen molar-refractivity contribution >= 4 is 27.5 Å². The topological polar surface area (TPSA) is 21.3 Å². The maximum Gasteiger partial charge on any atom is 0.0784 e. The first kappa shape index (κ1) is 10.1. The van der Waals surface area contributed by atoms with Crippen molar-refractivity contribution in [3.05, 3.63) is 32.8 Å². The van der Waals surface area contributed by atoms with Gasteiger partial charge in [-0.2, -0.15) is 0 Å². The molecule has 0 spiro atoms. The Kier molecular flexibility index (Phi) is 2.51. The Morgan fingerprint density at radius 2 is 2.27 bits per heavy atom. The Hall–Kier alpha value is -0.0900. The third kappa shape index (κ3) is 1.62. The molecule has 3 rings (SSSR count). The van der Waals surface area contributed by atoms with Gasteiger partial charge < -0.3 is 10.1 Å². The molecule has 2 atom stereocenters. The van der Waals surface area contributed by atoms with Crippen LogP contribution in [0.25, 0.3) is 0 Å². The first-order valence-electron chi connectivity index (χ1n) is 5.06. The van der Waals surface area contributed by atoms with Crippen molar-refractivity contribution < 1.29 is 4.74 Å². The molecule has 1 saturated heterocycles. The number of rotatable bonds is 0. The lowest BCUT2D eigenvalue weighted by atomic mass is 9.90. The Balaban J connectivity index is 2.09. The summed E-state index contributed by atoms with van der Waals surface area (Å²) in [7, 11) is 0. The van der Waals surface area contributed by atoms with Crippen LogP contribution in [0.4, 0.5) is 0 Å². The lowest BCUT2D eigenvalue weighted by molar-refractivity contribution is 0.0299. The fourth-order valence-electron chi connectivity index (χ4n) is 2.41. The molecule has 1 aromatic rings. The number of halogens is 2. The molecule has 1 fully saturated rings. The predicted molar refractivity (Wildman–Crippen MR) is 63.3 cm³/mol. The maximum atomic E-state index is 6.13. The van der Waals surface area contributed by atoms with E-state index < -0.39 is 0 Å². The van der Waals surface area contributed by atoms with Crippen molar-refractivity contribution in [1.29, 1.82) is 0 Å². The summed E-state index contributed by atoms with van der Waals surface area (Å²) in [6.45, 7) is 2.65. The molecule has 0 aromatic heterocycles. The summed E-state index contributed by atoms with van der Waals surface area (Å²) in [5.41, 5.74) is 2.61. The van der Waals surface area contributed by atoms with Crippen molar-refractivity contribution in [1.82, 2.24) is 5.32 Å². The van der Waals surface area contributed by atoms with E-state index in [1.54, 1.807) is 0 Å². The van der Waals surface area contributed by atoms with Crippen LogP contribution in [0.5, 0.6) is 0 Å². The average molecular weight is 289 g/mol. The van der Waals surface area contributed by atoms with Crippen LogP contribution in [0.1, 0.15) is 17.0 Å². The van der Waals surface area contributed by atoms with Gasteiger partial charge in [-0.1, -0.05) is 11.6 Å². The lowest BCUT2D eigenvalue weighted by Gasteiger charge is -2.28. The van der Waals surface area contributed by atoms with Crippen molar-refractivity contribution in [3.8, 4) is 0 Å². The van der Waals surface area contributed by atoms with Gasteiger partial charge in [0.1, 0.15) is 0 Å². The van der Waals surface area contributed by atoms with E-state index in [4.69, 9.17) is 16.3 Å². The van der Waals surface area contributed by atoms with Gasteiger partial charge in [-0.15, -0.1) is 0 Å². The van der Waals surface area contributed by atoms with Gasteiger partial charge in [-0.3, -0.25) is 0 Å². The van der Waals surface area contributed by atoms with Crippen molar-refractivity contribution in [2.75, 3.05) is 13.1 Å². The van der Waals surface area contributed by atoms with Gasteiger partial charge in [0, 0.05) is 23.5 Å². The minimum absolute atomic E-state index is 0.328. The molecule has 0 amide bonds. The number of hydrogen-bond donors (Lipinski definition) is 1. The zero-order valence-electron chi connectivity index (χ0n) is 8.09. The minimum atomic E-state index is 0.328. The van der Waals surface area contributed by atoms with Crippen LogP contribution in [-0.4, -0.2) is 19.2 Å². The van der Waals surface area contributed by atoms with Gasteiger partial charge in [0.05, 0.1) is 17.7 Å². The van der Waals surface area contributed by atoms with Crippen LogP contribution in [0.3, 0.4) is 0 Å². The summed E-state index contributed by atoms with van der Waals surface area (Å²) in [5.74, 6) is 0.472. The average Bonchev–Trinajstić information content (AvgIpc) is 2.68. The highest BCUT2D eigenvalue weighted by molar-refractivity contribution is 9.10. The van der Waals surface area contributed by atoms with Crippen LogP contribution < -0.4 is 5.32 Å². The number of ether oxygens (including phenoxy) is 1. The van der Waals surface area contributed by atoms with Crippen LogP contribution in [0, 0.1) is 0 Å². The molecule has 1 aromatic carbocycles. The molecule has 4 heteroatoms. The predicted octanol–water partition coefficient (Wildman–Crippen LogP) is 2.69. The molecule has 2 nitrogen and oxygen atoms in total. The van der Waals surface area contributed by atoms with E-state index in [2.05, 4.69) is 33.4 Å². The number of hydrogen-bond acceptors (Lipinski definition) is 2. The normalized spacial score (nSPS) is 28.7. The largest absolute Gasteiger partial charge is 0.372 e. The monoisotopic (exact) mass is 287 g/mol. The van der Waals surface area contributed by atoms with Crippen molar-refractivity contribution in [2.24, 2.45) is 0 Å². The van der Waals surface area contributed by atoms with Crippen LogP contribution in [0.15, 0.2) is 16.6 Å².